The highest BCUT2D eigenvalue weighted by molar-refractivity contribution is 5.44. The molecule has 0 saturated carbocycles. The summed E-state index contributed by atoms with van der Waals surface area (Å²) in [5.41, 5.74) is 2.78. The van der Waals surface area contributed by atoms with Gasteiger partial charge in [0.15, 0.2) is 0 Å². The molecule has 4 nitrogen and oxygen atoms in total. The van der Waals surface area contributed by atoms with E-state index in [4.69, 9.17) is 14.7 Å². The van der Waals surface area contributed by atoms with Gasteiger partial charge in [0.05, 0.1) is 6.61 Å². The minimum absolute atomic E-state index is 0.0981. The molecular weight excluding hydrogens is 216 g/mol. The first-order valence-corrected chi connectivity index (χ1v) is 5.83. The third-order valence-electron chi connectivity index (χ3n) is 2.85. The predicted molar refractivity (Wildman–Crippen MR) is 62.9 cm³/mol. The molecule has 0 saturated heterocycles. The molecule has 0 spiro atoms. The van der Waals surface area contributed by atoms with Gasteiger partial charge in [0.25, 0.3) is 0 Å². The smallest absolute Gasteiger partial charge is 0.232 e. The Bertz CT molecular complexity index is 451. The minimum Gasteiger partial charge on any atom is -0.471 e. The summed E-state index contributed by atoms with van der Waals surface area (Å²) in [6.07, 6.45) is 3.02. The van der Waals surface area contributed by atoms with E-state index in [-0.39, 0.29) is 6.10 Å². The van der Waals surface area contributed by atoms with E-state index < -0.39 is 0 Å². The van der Waals surface area contributed by atoms with Crippen LogP contribution in [0.2, 0.25) is 0 Å². The van der Waals surface area contributed by atoms with Gasteiger partial charge in [-0.15, -0.1) is 0 Å². The zero-order valence-electron chi connectivity index (χ0n) is 10.2. The number of pyridine rings is 1. The van der Waals surface area contributed by atoms with Crippen molar-refractivity contribution in [2.45, 2.75) is 32.3 Å². The average Bonchev–Trinajstić information content (AvgIpc) is 2.75. The van der Waals surface area contributed by atoms with Crippen LogP contribution >= 0.6 is 0 Å². The van der Waals surface area contributed by atoms with Crippen LogP contribution in [0.25, 0.3) is 0 Å². The molecule has 0 radical (unpaired) electrons. The van der Waals surface area contributed by atoms with Crippen molar-refractivity contribution in [2.75, 3.05) is 13.7 Å². The number of ether oxygens (including phenoxy) is 2. The average molecular weight is 232 g/mol. The normalized spacial score (nSPS) is 15.1. The Kier molecular flexibility index (Phi) is 3.60. The minimum atomic E-state index is -0.0981. The molecule has 2 rings (SSSR count). The summed E-state index contributed by atoms with van der Waals surface area (Å²) in [5, 5.41) is 9.09. The van der Waals surface area contributed by atoms with Gasteiger partial charge in [-0.25, -0.2) is 4.98 Å². The monoisotopic (exact) mass is 232 g/mol. The molecule has 1 atom stereocenters. The van der Waals surface area contributed by atoms with Crippen molar-refractivity contribution in [1.82, 2.24) is 4.98 Å². The van der Waals surface area contributed by atoms with Gasteiger partial charge in [0.1, 0.15) is 17.7 Å². The SMILES string of the molecule is COCC(C)Oc1nc2c(cc1C#N)CCC2. The number of rotatable bonds is 4. The number of hydrogen-bond acceptors (Lipinski definition) is 4. The lowest BCUT2D eigenvalue weighted by molar-refractivity contribution is 0.0886. The van der Waals surface area contributed by atoms with Crippen molar-refractivity contribution in [2.24, 2.45) is 0 Å². The third-order valence-corrected chi connectivity index (χ3v) is 2.85. The Morgan fingerprint density at radius 3 is 3.06 bits per heavy atom. The lowest BCUT2D eigenvalue weighted by Gasteiger charge is -2.14. The number of methoxy groups -OCH3 is 1. The Morgan fingerprint density at radius 2 is 2.35 bits per heavy atom. The van der Waals surface area contributed by atoms with E-state index in [1.54, 1.807) is 7.11 Å². The quantitative estimate of drug-likeness (QED) is 0.795. The van der Waals surface area contributed by atoms with E-state index in [2.05, 4.69) is 11.1 Å². The molecule has 1 aromatic heterocycles. The molecule has 1 heterocycles. The van der Waals surface area contributed by atoms with Crippen LogP contribution in [0.3, 0.4) is 0 Å². The van der Waals surface area contributed by atoms with Crippen molar-refractivity contribution in [1.29, 1.82) is 5.26 Å². The molecule has 0 bridgehead atoms. The van der Waals surface area contributed by atoms with Crippen molar-refractivity contribution in [3.8, 4) is 11.9 Å². The number of aromatic nitrogens is 1. The fraction of sp³-hybridized carbons (Fsp3) is 0.538. The summed E-state index contributed by atoms with van der Waals surface area (Å²) >= 11 is 0. The Balaban J connectivity index is 2.24. The van der Waals surface area contributed by atoms with E-state index in [9.17, 15) is 0 Å². The molecule has 0 fully saturated rings. The Labute approximate surface area is 101 Å². The second-order valence-corrected chi connectivity index (χ2v) is 4.30. The van der Waals surface area contributed by atoms with Crippen LogP contribution in [0.4, 0.5) is 0 Å². The summed E-state index contributed by atoms with van der Waals surface area (Å²) in [7, 11) is 1.63. The number of nitrogens with zero attached hydrogens (tertiary/aromatic N) is 2. The van der Waals surface area contributed by atoms with Gasteiger partial charge in [-0.3, -0.25) is 0 Å². The van der Waals surface area contributed by atoms with Crippen LogP contribution < -0.4 is 4.74 Å². The van der Waals surface area contributed by atoms with Crippen LogP contribution in [0.15, 0.2) is 6.07 Å². The standard InChI is InChI=1S/C13H16N2O2/c1-9(8-16-2)17-13-11(7-14)6-10-4-3-5-12(10)15-13/h6,9H,3-5,8H2,1-2H3. The van der Waals surface area contributed by atoms with Crippen molar-refractivity contribution in [3.05, 3.63) is 22.9 Å². The second kappa shape index (κ2) is 5.15. The molecule has 1 aromatic rings. The molecule has 90 valence electrons. The summed E-state index contributed by atoms with van der Waals surface area (Å²) in [6.45, 7) is 2.39. The van der Waals surface area contributed by atoms with E-state index in [0.717, 1.165) is 25.0 Å². The fourth-order valence-electron chi connectivity index (χ4n) is 2.08. The zero-order valence-corrected chi connectivity index (χ0v) is 10.2. The van der Waals surface area contributed by atoms with Crippen LogP contribution in [0.1, 0.15) is 30.2 Å². The maximum atomic E-state index is 9.09. The van der Waals surface area contributed by atoms with Gasteiger partial charge >= 0.3 is 0 Å². The Hall–Kier alpha value is -1.60. The second-order valence-electron chi connectivity index (χ2n) is 4.30. The molecule has 1 unspecified atom stereocenters. The summed E-state index contributed by atoms with van der Waals surface area (Å²) < 4.78 is 10.6. The number of nitriles is 1. The number of aryl methyl sites for hydroxylation is 2. The predicted octanol–water partition coefficient (Wildman–Crippen LogP) is 1.86. The molecule has 0 aliphatic heterocycles. The van der Waals surface area contributed by atoms with E-state index >= 15 is 0 Å². The number of hydrogen-bond donors (Lipinski definition) is 0. The van der Waals surface area contributed by atoms with Crippen molar-refractivity contribution >= 4 is 0 Å². The highest BCUT2D eigenvalue weighted by atomic mass is 16.5. The molecule has 17 heavy (non-hydrogen) atoms. The van der Waals surface area contributed by atoms with Crippen molar-refractivity contribution < 1.29 is 9.47 Å². The maximum Gasteiger partial charge on any atom is 0.232 e. The maximum absolute atomic E-state index is 9.09. The van der Waals surface area contributed by atoms with E-state index in [1.807, 2.05) is 13.0 Å². The van der Waals surface area contributed by atoms with E-state index in [1.165, 1.54) is 5.56 Å². The Morgan fingerprint density at radius 1 is 1.53 bits per heavy atom. The van der Waals surface area contributed by atoms with Crippen LogP contribution in [0, 0.1) is 11.3 Å². The lowest BCUT2D eigenvalue weighted by Crippen LogP contribution is -2.19. The molecule has 0 N–H and O–H groups in total. The molecular formula is C13H16N2O2. The van der Waals surface area contributed by atoms with Gasteiger partial charge in [-0.05, 0) is 37.8 Å². The summed E-state index contributed by atoms with van der Waals surface area (Å²) in [5.74, 6) is 0.442. The van der Waals surface area contributed by atoms with Gasteiger partial charge in [0, 0.05) is 12.8 Å². The van der Waals surface area contributed by atoms with Gasteiger partial charge < -0.3 is 9.47 Å². The first-order chi connectivity index (χ1) is 8.24. The lowest BCUT2D eigenvalue weighted by atomic mass is 10.1. The molecule has 1 aliphatic rings. The summed E-state index contributed by atoms with van der Waals surface area (Å²) in [6, 6.07) is 4.05. The summed E-state index contributed by atoms with van der Waals surface area (Å²) in [4.78, 5) is 4.45. The fourth-order valence-corrected chi connectivity index (χ4v) is 2.08. The number of fused-ring (bicyclic) bond motifs is 1. The van der Waals surface area contributed by atoms with Gasteiger partial charge in [-0.2, -0.15) is 5.26 Å². The highest BCUT2D eigenvalue weighted by Gasteiger charge is 2.18. The van der Waals surface area contributed by atoms with Gasteiger partial charge in [0.2, 0.25) is 5.88 Å². The van der Waals surface area contributed by atoms with Crippen LogP contribution in [-0.4, -0.2) is 24.8 Å². The molecule has 0 amide bonds. The van der Waals surface area contributed by atoms with Crippen molar-refractivity contribution in [3.63, 3.8) is 0 Å². The first kappa shape index (κ1) is 11.9. The first-order valence-electron chi connectivity index (χ1n) is 5.83. The molecule has 4 heteroatoms. The highest BCUT2D eigenvalue weighted by Crippen LogP contribution is 2.26. The van der Waals surface area contributed by atoms with Gasteiger partial charge in [-0.1, -0.05) is 0 Å². The van der Waals surface area contributed by atoms with Crippen LogP contribution in [-0.2, 0) is 17.6 Å². The zero-order chi connectivity index (χ0) is 12.3. The molecule has 1 aliphatic carbocycles. The van der Waals surface area contributed by atoms with E-state index in [0.29, 0.717) is 18.1 Å². The molecule has 0 aromatic carbocycles. The topological polar surface area (TPSA) is 55.1 Å². The third kappa shape index (κ3) is 2.56. The van der Waals surface area contributed by atoms with Crippen LogP contribution in [0.5, 0.6) is 5.88 Å². The largest absolute Gasteiger partial charge is 0.471 e.